The van der Waals surface area contributed by atoms with Gasteiger partial charge in [-0.1, -0.05) is 12.2 Å². The third kappa shape index (κ3) is 3.32. The fourth-order valence-corrected chi connectivity index (χ4v) is 1.72. The van der Waals surface area contributed by atoms with Crippen molar-refractivity contribution in [1.82, 2.24) is 9.97 Å². The van der Waals surface area contributed by atoms with Crippen LogP contribution in [-0.2, 0) is 0 Å². The fraction of sp³-hybridized carbons (Fsp3) is 0.444. The summed E-state index contributed by atoms with van der Waals surface area (Å²) in [6, 6.07) is 0. The van der Waals surface area contributed by atoms with Crippen LogP contribution in [0.4, 0.5) is 5.82 Å². The van der Waals surface area contributed by atoms with Gasteiger partial charge in [0.05, 0.1) is 0 Å². The Labute approximate surface area is 99.3 Å². The van der Waals surface area contributed by atoms with E-state index >= 15 is 0 Å². The number of thioether (sulfide) groups is 1. The Bertz CT molecular complexity index is 343. The maximum Gasteiger partial charge on any atom is 0.157 e. The Morgan fingerprint density at radius 1 is 1.53 bits per heavy atom. The number of nitrogens with zero attached hydrogens (tertiary/aromatic N) is 3. The fourth-order valence-electron chi connectivity index (χ4n) is 1.12. The summed E-state index contributed by atoms with van der Waals surface area (Å²) in [5.41, 5.74) is 6.17. The standard InChI is InChI=1S/C9H14N4S2/c1-13(5-6-15-2)9-7(8(10)14)11-3-4-12-9/h3-4H,5-6H2,1-2H3,(H2,10,14). The number of rotatable bonds is 5. The second-order valence-corrected chi connectivity index (χ2v) is 4.43. The first kappa shape index (κ1) is 12.2. The van der Waals surface area contributed by atoms with Crippen molar-refractivity contribution in [1.29, 1.82) is 0 Å². The SMILES string of the molecule is CSCCN(C)c1nccnc1C(N)=S. The summed E-state index contributed by atoms with van der Waals surface area (Å²) in [7, 11) is 1.96. The highest BCUT2D eigenvalue weighted by molar-refractivity contribution is 7.98. The summed E-state index contributed by atoms with van der Waals surface area (Å²) < 4.78 is 0. The van der Waals surface area contributed by atoms with Gasteiger partial charge in [0.25, 0.3) is 0 Å². The Hall–Kier alpha value is -0.880. The van der Waals surface area contributed by atoms with Crippen LogP contribution in [0.15, 0.2) is 12.4 Å². The lowest BCUT2D eigenvalue weighted by Gasteiger charge is -2.19. The summed E-state index contributed by atoms with van der Waals surface area (Å²) in [6.07, 6.45) is 5.31. The van der Waals surface area contributed by atoms with Crippen LogP contribution in [0.2, 0.25) is 0 Å². The van der Waals surface area contributed by atoms with Crippen molar-refractivity contribution in [3.63, 3.8) is 0 Å². The van der Waals surface area contributed by atoms with Gasteiger partial charge in [-0.3, -0.25) is 0 Å². The molecule has 0 aliphatic rings. The molecule has 0 amide bonds. The molecule has 0 aliphatic carbocycles. The topological polar surface area (TPSA) is 55.0 Å². The van der Waals surface area contributed by atoms with Crippen molar-refractivity contribution in [2.24, 2.45) is 5.73 Å². The molecule has 0 radical (unpaired) electrons. The van der Waals surface area contributed by atoms with Crippen LogP contribution < -0.4 is 10.6 Å². The molecule has 0 fully saturated rings. The molecule has 6 heteroatoms. The molecule has 0 spiro atoms. The summed E-state index contributed by atoms with van der Waals surface area (Å²) in [4.78, 5) is 10.7. The van der Waals surface area contributed by atoms with E-state index in [-0.39, 0.29) is 4.99 Å². The minimum atomic E-state index is 0.286. The van der Waals surface area contributed by atoms with E-state index in [1.807, 2.05) is 11.9 Å². The number of hydrogen-bond donors (Lipinski definition) is 1. The van der Waals surface area contributed by atoms with Crippen LogP contribution in [-0.4, -0.2) is 40.6 Å². The highest BCUT2D eigenvalue weighted by atomic mass is 32.2. The summed E-state index contributed by atoms with van der Waals surface area (Å²) in [6.45, 7) is 0.898. The molecule has 0 atom stereocenters. The normalized spacial score (nSPS) is 10.0. The number of thiocarbonyl (C=S) groups is 1. The Balaban J connectivity index is 2.87. The monoisotopic (exact) mass is 242 g/mol. The smallest absolute Gasteiger partial charge is 0.157 e. The first-order valence-electron chi connectivity index (χ1n) is 4.47. The van der Waals surface area contributed by atoms with E-state index < -0.39 is 0 Å². The van der Waals surface area contributed by atoms with Crippen LogP contribution in [0, 0.1) is 0 Å². The van der Waals surface area contributed by atoms with Gasteiger partial charge in [-0.25, -0.2) is 9.97 Å². The van der Waals surface area contributed by atoms with Crippen LogP contribution in [0.3, 0.4) is 0 Å². The van der Waals surface area contributed by atoms with Gasteiger partial charge >= 0.3 is 0 Å². The highest BCUT2D eigenvalue weighted by Gasteiger charge is 2.11. The van der Waals surface area contributed by atoms with Gasteiger partial charge in [0.2, 0.25) is 0 Å². The average Bonchev–Trinajstić information content (AvgIpc) is 2.25. The molecule has 0 unspecified atom stereocenters. The molecule has 1 aromatic heterocycles. The summed E-state index contributed by atoms with van der Waals surface area (Å²) >= 11 is 6.71. The van der Waals surface area contributed by atoms with Gasteiger partial charge in [-0.2, -0.15) is 11.8 Å². The van der Waals surface area contributed by atoms with E-state index in [2.05, 4.69) is 16.2 Å². The van der Waals surface area contributed by atoms with Crippen molar-refractivity contribution in [3.8, 4) is 0 Å². The molecular formula is C9H14N4S2. The third-order valence-electron chi connectivity index (χ3n) is 1.90. The first-order valence-corrected chi connectivity index (χ1v) is 6.28. The molecule has 82 valence electrons. The van der Waals surface area contributed by atoms with Crippen molar-refractivity contribution >= 4 is 34.8 Å². The Morgan fingerprint density at radius 2 is 2.20 bits per heavy atom. The van der Waals surface area contributed by atoms with Gasteiger partial charge < -0.3 is 10.6 Å². The maximum atomic E-state index is 5.58. The van der Waals surface area contributed by atoms with E-state index in [4.69, 9.17) is 18.0 Å². The first-order chi connectivity index (χ1) is 7.16. The van der Waals surface area contributed by atoms with Crippen LogP contribution >= 0.6 is 24.0 Å². The molecular weight excluding hydrogens is 228 g/mol. The second kappa shape index (κ2) is 5.87. The molecule has 0 bridgehead atoms. The largest absolute Gasteiger partial charge is 0.388 e. The van der Waals surface area contributed by atoms with Gasteiger partial charge in [-0.15, -0.1) is 0 Å². The number of hydrogen-bond acceptors (Lipinski definition) is 5. The van der Waals surface area contributed by atoms with E-state index in [9.17, 15) is 0 Å². The number of aromatic nitrogens is 2. The van der Waals surface area contributed by atoms with E-state index in [0.717, 1.165) is 18.1 Å². The predicted molar refractivity (Wildman–Crippen MR) is 69.6 cm³/mol. The van der Waals surface area contributed by atoms with Gasteiger partial charge in [0, 0.05) is 31.7 Å². The van der Waals surface area contributed by atoms with Crippen LogP contribution in [0.1, 0.15) is 5.69 Å². The minimum Gasteiger partial charge on any atom is -0.388 e. The molecule has 4 nitrogen and oxygen atoms in total. The maximum absolute atomic E-state index is 5.58. The third-order valence-corrected chi connectivity index (χ3v) is 2.69. The lowest BCUT2D eigenvalue weighted by atomic mass is 10.3. The molecule has 1 rings (SSSR count). The van der Waals surface area contributed by atoms with E-state index in [0.29, 0.717) is 5.69 Å². The zero-order valence-corrected chi connectivity index (χ0v) is 10.4. The second-order valence-electron chi connectivity index (χ2n) is 3.01. The zero-order chi connectivity index (χ0) is 11.3. The molecule has 0 aliphatic heterocycles. The van der Waals surface area contributed by atoms with E-state index in [1.165, 1.54) is 0 Å². The van der Waals surface area contributed by atoms with Crippen molar-refractivity contribution in [3.05, 3.63) is 18.1 Å². The van der Waals surface area contributed by atoms with Gasteiger partial charge in [0.1, 0.15) is 10.7 Å². The molecule has 1 heterocycles. The lowest BCUT2D eigenvalue weighted by Crippen LogP contribution is -2.26. The van der Waals surface area contributed by atoms with Crippen molar-refractivity contribution in [2.45, 2.75) is 0 Å². The minimum absolute atomic E-state index is 0.286. The molecule has 0 aromatic carbocycles. The van der Waals surface area contributed by atoms with E-state index in [1.54, 1.807) is 24.2 Å². The number of anilines is 1. The Kier molecular flexibility index (Phi) is 4.77. The number of nitrogens with two attached hydrogens (primary N) is 1. The van der Waals surface area contributed by atoms with Crippen molar-refractivity contribution < 1.29 is 0 Å². The molecule has 1 aromatic rings. The van der Waals surface area contributed by atoms with Gasteiger partial charge in [-0.05, 0) is 6.26 Å². The molecule has 15 heavy (non-hydrogen) atoms. The van der Waals surface area contributed by atoms with Crippen LogP contribution in [0.5, 0.6) is 0 Å². The van der Waals surface area contributed by atoms with Gasteiger partial charge in [0.15, 0.2) is 5.82 Å². The van der Waals surface area contributed by atoms with Crippen molar-refractivity contribution in [2.75, 3.05) is 30.5 Å². The predicted octanol–water partition coefficient (Wildman–Crippen LogP) is 0.910. The lowest BCUT2D eigenvalue weighted by molar-refractivity contribution is 0.932. The average molecular weight is 242 g/mol. The molecule has 0 saturated heterocycles. The quantitative estimate of drug-likeness (QED) is 0.775. The summed E-state index contributed by atoms with van der Waals surface area (Å²) in [5.74, 6) is 1.78. The summed E-state index contributed by atoms with van der Waals surface area (Å²) in [5, 5.41) is 0. The molecule has 0 saturated carbocycles. The molecule has 2 N–H and O–H groups in total. The van der Waals surface area contributed by atoms with Crippen LogP contribution in [0.25, 0.3) is 0 Å². The highest BCUT2D eigenvalue weighted by Crippen LogP contribution is 2.13. The zero-order valence-electron chi connectivity index (χ0n) is 8.80. The Morgan fingerprint density at radius 3 is 2.80 bits per heavy atom.